The van der Waals surface area contributed by atoms with Gasteiger partial charge in [-0.05, 0) is 6.92 Å². The fraction of sp³-hybridized carbons (Fsp3) is 0.667. The Labute approximate surface area is 106 Å². The molecular formula is C12H19NO5. The number of carbonyl (C=O) groups is 2. The molecule has 0 amide bonds. The van der Waals surface area contributed by atoms with Crippen molar-refractivity contribution in [2.75, 3.05) is 20.8 Å². The highest BCUT2D eigenvalue weighted by Crippen LogP contribution is 2.24. The molecule has 1 saturated heterocycles. The molecule has 1 rings (SSSR count). The second-order valence-corrected chi connectivity index (χ2v) is 4.07. The molecule has 6 heteroatoms. The van der Waals surface area contributed by atoms with E-state index in [1.165, 1.54) is 7.11 Å². The Hall–Kier alpha value is -1.40. The van der Waals surface area contributed by atoms with E-state index in [-0.39, 0.29) is 18.3 Å². The van der Waals surface area contributed by atoms with Gasteiger partial charge in [0.05, 0.1) is 7.11 Å². The first-order valence-electron chi connectivity index (χ1n) is 5.72. The van der Waals surface area contributed by atoms with Crippen LogP contribution >= 0.6 is 0 Å². The van der Waals surface area contributed by atoms with Crippen molar-refractivity contribution >= 4 is 11.9 Å². The third kappa shape index (κ3) is 3.30. The number of esters is 2. The minimum atomic E-state index is -0.490. The zero-order valence-electron chi connectivity index (χ0n) is 10.9. The molecule has 0 aromatic carbocycles. The van der Waals surface area contributed by atoms with Gasteiger partial charge in [0.1, 0.15) is 18.4 Å². The Morgan fingerprint density at radius 2 is 2.11 bits per heavy atom. The Kier molecular flexibility index (Phi) is 5.30. The molecule has 0 N–H and O–H groups in total. The smallest absolute Gasteiger partial charge is 0.330 e. The summed E-state index contributed by atoms with van der Waals surface area (Å²) in [5, 5.41) is 0. The summed E-state index contributed by atoms with van der Waals surface area (Å²) >= 11 is 0. The maximum atomic E-state index is 11.7. The number of methoxy groups -OCH3 is 2. The van der Waals surface area contributed by atoms with Crippen molar-refractivity contribution in [3.8, 4) is 0 Å². The van der Waals surface area contributed by atoms with E-state index in [0.717, 1.165) is 6.08 Å². The van der Waals surface area contributed by atoms with Crippen molar-refractivity contribution in [1.82, 2.24) is 4.90 Å². The number of hydrogen-bond donors (Lipinski definition) is 0. The maximum Gasteiger partial charge on any atom is 0.330 e. The third-order valence-electron chi connectivity index (χ3n) is 3.03. The Morgan fingerprint density at radius 1 is 1.44 bits per heavy atom. The van der Waals surface area contributed by atoms with E-state index >= 15 is 0 Å². The highest BCUT2D eigenvalue weighted by molar-refractivity contribution is 5.81. The quantitative estimate of drug-likeness (QED) is 0.522. The molecule has 1 fully saturated rings. The van der Waals surface area contributed by atoms with E-state index in [9.17, 15) is 9.59 Å². The summed E-state index contributed by atoms with van der Waals surface area (Å²) in [5.41, 5.74) is 0. The van der Waals surface area contributed by atoms with Gasteiger partial charge in [-0.2, -0.15) is 0 Å². The molecule has 0 aromatic heterocycles. The van der Waals surface area contributed by atoms with Gasteiger partial charge in [0.15, 0.2) is 0 Å². The molecule has 102 valence electrons. The highest BCUT2D eigenvalue weighted by atomic mass is 16.5. The highest BCUT2D eigenvalue weighted by Gasteiger charge is 2.41. The number of carbonyl (C=O) groups excluding carboxylic acids is 2. The lowest BCUT2D eigenvalue weighted by molar-refractivity contribution is -0.150. The minimum Gasteiger partial charge on any atom is -0.468 e. The average molecular weight is 257 g/mol. The van der Waals surface area contributed by atoms with Crippen LogP contribution in [0.4, 0.5) is 0 Å². The maximum absolute atomic E-state index is 11.7. The first kappa shape index (κ1) is 14.7. The second kappa shape index (κ2) is 6.51. The molecule has 0 bridgehead atoms. The van der Waals surface area contributed by atoms with Gasteiger partial charge < -0.3 is 14.2 Å². The monoisotopic (exact) mass is 257 g/mol. The summed E-state index contributed by atoms with van der Waals surface area (Å²) in [4.78, 5) is 24.6. The van der Waals surface area contributed by atoms with Crippen molar-refractivity contribution < 1.29 is 23.8 Å². The predicted octanol–water partition coefficient (Wildman–Crippen LogP) is 0.324. The van der Waals surface area contributed by atoms with Gasteiger partial charge in [-0.25, -0.2) is 4.79 Å². The molecule has 1 heterocycles. The fourth-order valence-electron chi connectivity index (χ4n) is 2.02. The van der Waals surface area contributed by atoms with Crippen molar-refractivity contribution in [3.63, 3.8) is 0 Å². The second-order valence-electron chi connectivity index (χ2n) is 4.07. The van der Waals surface area contributed by atoms with E-state index in [2.05, 4.69) is 6.58 Å². The molecule has 0 radical (unpaired) electrons. The molecule has 0 saturated carbocycles. The topological polar surface area (TPSA) is 65.1 Å². The van der Waals surface area contributed by atoms with Crippen LogP contribution in [0, 0.1) is 0 Å². The van der Waals surface area contributed by atoms with Crippen molar-refractivity contribution in [3.05, 3.63) is 12.7 Å². The van der Waals surface area contributed by atoms with Gasteiger partial charge in [-0.15, -0.1) is 0 Å². The van der Waals surface area contributed by atoms with Gasteiger partial charge in [-0.1, -0.05) is 6.58 Å². The molecule has 0 spiro atoms. The largest absolute Gasteiger partial charge is 0.468 e. The molecular weight excluding hydrogens is 238 g/mol. The van der Waals surface area contributed by atoms with Crippen LogP contribution in [0.2, 0.25) is 0 Å². The summed E-state index contributed by atoms with van der Waals surface area (Å²) in [6.45, 7) is 5.60. The van der Waals surface area contributed by atoms with Gasteiger partial charge >= 0.3 is 11.9 Å². The number of hydrogen-bond acceptors (Lipinski definition) is 6. The van der Waals surface area contributed by atoms with E-state index in [0.29, 0.717) is 13.0 Å². The van der Waals surface area contributed by atoms with Crippen LogP contribution in [0.1, 0.15) is 13.3 Å². The molecule has 1 aliphatic heterocycles. The van der Waals surface area contributed by atoms with Crippen LogP contribution in [0.3, 0.4) is 0 Å². The van der Waals surface area contributed by atoms with Crippen LogP contribution in [0.5, 0.6) is 0 Å². The van der Waals surface area contributed by atoms with Crippen LogP contribution in [0.25, 0.3) is 0 Å². The van der Waals surface area contributed by atoms with E-state index < -0.39 is 12.0 Å². The average Bonchev–Trinajstić information content (AvgIpc) is 2.80. The number of rotatable bonds is 5. The standard InChI is InChI=1S/C12H19NO5/c1-5-11(14)18-9-6-10(12(15)17-4)13(7-9)8(2)16-3/h5,8-10H,1,6-7H2,2-4H3/t8?,9-,10-/m0/s1. The molecule has 3 atom stereocenters. The van der Waals surface area contributed by atoms with E-state index in [1.807, 2.05) is 11.8 Å². The fourth-order valence-corrected chi connectivity index (χ4v) is 2.02. The first-order valence-corrected chi connectivity index (χ1v) is 5.72. The molecule has 6 nitrogen and oxygen atoms in total. The lowest BCUT2D eigenvalue weighted by Crippen LogP contribution is -2.43. The Balaban J connectivity index is 2.72. The van der Waals surface area contributed by atoms with Crippen LogP contribution in [0.15, 0.2) is 12.7 Å². The molecule has 1 unspecified atom stereocenters. The van der Waals surface area contributed by atoms with E-state index in [4.69, 9.17) is 14.2 Å². The zero-order chi connectivity index (χ0) is 13.7. The minimum absolute atomic E-state index is 0.249. The van der Waals surface area contributed by atoms with Gasteiger partial charge in [-0.3, -0.25) is 9.69 Å². The molecule has 0 aromatic rings. The number of likely N-dealkylation sites (tertiary alicyclic amines) is 1. The molecule has 18 heavy (non-hydrogen) atoms. The normalized spacial score (nSPS) is 25.5. The molecule has 0 aliphatic carbocycles. The van der Waals surface area contributed by atoms with Gasteiger partial charge in [0.2, 0.25) is 0 Å². The number of ether oxygens (including phenoxy) is 3. The Morgan fingerprint density at radius 3 is 2.61 bits per heavy atom. The van der Waals surface area contributed by atoms with Gasteiger partial charge in [0, 0.05) is 26.2 Å². The van der Waals surface area contributed by atoms with Crippen LogP contribution < -0.4 is 0 Å². The summed E-state index contributed by atoms with van der Waals surface area (Å²) in [6.07, 6.45) is 0.911. The third-order valence-corrected chi connectivity index (χ3v) is 3.03. The van der Waals surface area contributed by atoms with Crippen molar-refractivity contribution in [2.45, 2.75) is 31.7 Å². The summed E-state index contributed by atoms with van der Waals surface area (Å²) in [5.74, 6) is -0.841. The lowest BCUT2D eigenvalue weighted by atomic mass is 10.2. The van der Waals surface area contributed by atoms with Crippen molar-refractivity contribution in [2.24, 2.45) is 0 Å². The number of nitrogens with zero attached hydrogens (tertiary/aromatic N) is 1. The van der Waals surface area contributed by atoms with E-state index in [1.54, 1.807) is 7.11 Å². The lowest BCUT2D eigenvalue weighted by Gasteiger charge is -2.27. The summed E-state index contributed by atoms with van der Waals surface area (Å²) in [6, 6.07) is -0.451. The van der Waals surface area contributed by atoms with Gasteiger partial charge in [0.25, 0.3) is 0 Å². The molecule has 1 aliphatic rings. The van der Waals surface area contributed by atoms with Crippen LogP contribution in [-0.2, 0) is 23.8 Å². The van der Waals surface area contributed by atoms with Crippen LogP contribution in [-0.4, -0.2) is 56.0 Å². The van der Waals surface area contributed by atoms with Crippen molar-refractivity contribution in [1.29, 1.82) is 0 Å². The Bertz CT molecular complexity index is 330. The summed E-state index contributed by atoms with van der Waals surface area (Å²) in [7, 11) is 2.89. The predicted molar refractivity (Wildman–Crippen MR) is 63.7 cm³/mol. The SMILES string of the molecule is C=CC(=O)O[C@H]1C[C@@H](C(=O)OC)N(C(C)OC)C1. The zero-order valence-corrected chi connectivity index (χ0v) is 10.9. The summed E-state index contributed by atoms with van der Waals surface area (Å²) < 4.78 is 15.1. The first-order chi connectivity index (χ1) is 8.53.